The van der Waals surface area contributed by atoms with E-state index in [-0.39, 0.29) is 42.5 Å². The molecule has 1 amide bonds. The summed E-state index contributed by atoms with van der Waals surface area (Å²) in [5.41, 5.74) is 0. The van der Waals surface area contributed by atoms with Crippen molar-refractivity contribution >= 4 is 35.8 Å². The van der Waals surface area contributed by atoms with Crippen LogP contribution in [0.25, 0.3) is 0 Å². The summed E-state index contributed by atoms with van der Waals surface area (Å²) in [4.78, 5) is 17.3. The maximum absolute atomic E-state index is 11.5. The first-order chi connectivity index (χ1) is 8.97. The molecule has 0 fully saturated rings. The number of aliphatic imine (C=N–C) groups is 1. The smallest absolute Gasteiger partial charge is 0.243 e. The highest BCUT2D eigenvalue weighted by atomic mass is 127. The number of guanidine groups is 1. The highest BCUT2D eigenvalue weighted by Crippen LogP contribution is 1.85. The Hall–Kier alpha value is -0.570. The number of likely N-dealkylation sites (N-methyl/N-ethyl adjacent to an activating group) is 1. The molecule has 0 aliphatic rings. The fourth-order valence-electron chi connectivity index (χ4n) is 1.24. The lowest BCUT2D eigenvalue weighted by molar-refractivity contribution is -0.127. The first kappa shape index (κ1) is 21.7. The third-order valence-corrected chi connectivity index (χ3v) is 2.26. The van der Waals surface area contributed by atoms with Gasteiger partial charge in [0.25, 0.3) is 0 Å². The van der Waals surface area contributed by atoms with E-state index in [1.54, 1.807) is 14.1 Å². The summed E-state index contributed by atoms with van der Waals surface area (Å²) >= 11 is 0. The number of hydrogen-bond donors (Lipinski definition) is 2. The van der Waals surface area contributed by atoms with Crippen LogP contribution < -0.4 is 10.6 Å². The first-order valence-corrected chi connectivity index (χ1v) is 6.80. The average Bonchev–Trinajstić information content (AvgIpc) is 2.34. The molecule has 7 heteroatoms. The van der Waals surface area contributed by atoms with E-state index in [0.717, 1.165) is 26.2 Å². The number of carbonyl (C=O) groups excluding carboxylic acids is 1. The second-order valence-corrected chi connectivity index (χ2v) is 4.73. The van der Waals surface area contributed by atoms with Crippen LogP contribution in [-0.4, -0.2) is 63.2 Å². The molecular weight excluding hydrogens is 371 g/mol. The molecule has 0 saturated carbocycles. The molecule has 0 aromatic rings. The average molecular weight is 400 g/mol. The highest BCUT2D eigenvalue weighted by Gasteiger charge is 2.05. The van der Waals surface area contributed by atoms with E-state index in [1.165, 1.54) is 4.90 Å². The fourth-order valence-corrected chi connectivity index (χ4v) is 1.24. The van der Waals surface area contributed by atoms with Crippen molar-refractivity contribution in [1.82, 2.24) is 15.5 Å². The maximum Gasteiger partial charge on any atom is 0.243 e. The van der Waals surface area contributed by atoms with Crippen LogP contribution in [0.2, 0.25) is 0 Å². The molecule has 2 N–H and O–H groups in total. The summed E-state index contributed by atoms with van der Waals surface area (Å²) in [6.45, 7) is 8.44. The Morgan fingerprint density at radius 3 is 2.50 bits per heavy atom. The minimum Gasteiger partial charge on any atom is -0.382 e. The van der Waals surface area contributed by atoms with Gasteiger partial charge in [-0.15, -0.1) is 24.0 Å². The molecule has 0 aromatic heterocycles. The van der Waals surface area contributed by atoms with Crippen LogP contribution in [0, 0.1) is 0 Å². The van der Waals surface area contributed by atoms with E-state index in [0.29, 0.717) is 5.96 Å². The van der Waals surface area contributed by atoms with E-state index in [4.69, 9.17) is 4.74 Å². The molecule has 6 nitrogen and oxygen atoms in total. The van der Waals surface area contributed by atoms with Gasteiger partial charge in [0, 0.05) is 39.9 Å². The summed E-state index contributed by atoms with van der Waals surface area (Å²) in [6, 6.07) is 0.271. The number of hydrogen-bond acceptors (Lipinski definition) is 3. The SMILES string of the molecule is CCOCCCNC(=NCC(=O)N(C)C)NC(C)C.I. The molecule has 0 saturated heterocycles. The van der Waals surface area contributed by atoms with Crippen LogP contribution in [-0.2, 0) is 9.53 Å². The Bertz CT molecular complexity index is 284. The van der Waals surface area contributed by atoms with E-state index in [2.05, 4.69) is 15.6 Å². The van der Waals surface area contributed by atoms with Gasteiger partial charge in [-0.05, 0) is 27.2 Å². The summed E-state index contributed by atoms with van der Waals surface area (Å²) < 4.78 is 5.26. The van der Waals surface area contributed by atoms with Gasteiger partial charge in [-0.25, -0.2) is 4.99 Å². The van der Waals surface area contributed by atoms with Gasteiger partial charge in [-0.3, -0.25) is 4.79 Å². The van der Waals surface area contributed by atoms with Crippen LogP contribution in [0.3, 0.4) is 0 Å². The zero-order valence-corrected chi connectivity index (χ0v) is 15.6. The predicted molar refractivity (Wildman–Crippen MR) is 93.8 cm³/mol. The topological polar surface area (TPSA) is 66.0 Å². The third kappa shape index (κ3) is 12.5. The van der Waals surface area contributed by atoms with Gasteiger partial charge >= 0.3 is 0 Å². The van der Waals surface area contributed by atoms with Gasteiger partial charge in [0.1, 0.15) is 6.54 Å². The molecule has 0 rings (SSSR count). The van der Waals surface area contributed by atoms with Crippen molar-refractivity contribution in [3.8, 4) is 0 Å². The number of carbonyl (C=O) groups is 1. The molecule has 0 aliphatic heterocycles. The first-order valence-electron chi connectivity index (χ1n) is 6.80. The number of amides is 1. The third-order valence-electron chi connectivity index (χ3n) is 2.26. The second kappa shape index (κ2) is 13.4. The summed E-state index contributed by atoms with van der Waals surface area (Å²) in [5.74, 6) is 0.654. The van der Waals surface area contributed by atoms with Crippen molar-refractivity contribution in [3.05, 3.63) is 0 Å². The van der Waals surface area contributed by atoms with Crippen LogP contribution in [0.15, 0.2) is 4.99 Å². The number of halogens is 1. The fraction of sp³-hybridized carbons (Fsp3) is 0.846. The van der Waals surface area contributed by atoms with Gasteiger partial charge in [0.05, 0.1) is 0 Å². The number of nitrogens with one attached hydrogen (secondary N) is 2. The van der Waals surface area contributed by atoms with Crippen LogP contribution in [0.5, 0.6) is 0 Å². The normalized spacial score (nSPS) is 11.0. The lowest BCUT2D eigenvalue weighted by Crippen LogP contribution is -2.42. The highest BCUT2D eigenvalue weighted by molar-refractivity contribution is 14.0. The minimum absolute atomic E-state index is 0. The monoisotopic (exact) mass is 400 g/mol. The molecular formula is C13H29IN4O2. The molecule has 0 aromatic carbocycles. The van der Waals surface area contributed by atoms with Crippen molar-refractivity contribution in [2.45, 2.75) is 33.2 Å². The standard InChI is InChI=1S/C13H28N4O2.HI/c1-6-19-9-7-8-14-13(16-11(2)3)15-10-12(18)17(4)5;/h11H,6-10H2,1-5H3,(H2,14,15,16);1H. The molecule has 0 radical (unpaired) electrons. The van der Waals surface area contributed by atoms with Crippen molar-refractivity contribution < 1.29 is 9.53 Å². The molecule has 0 aliphatic carbocycles. The predicted octanol–water partition coefficient (Wildman–Crippen LogP) is 1.06. The molecule has 0 heterocycles. The number of ether oxygens (including phenoxy) is 1. The second-order valence-electron chi connectivity index (χ2n) is 4.73. The zero-order valence-electron chi connectivity index (χ0n) is 13.2. The van der Waals surface area contributed by atoms with E-state index < -0.39 is 0 Å². The molecule has 0 spiro atoms. The van der Waals surface area contributed by atoms with Gasteiger partial charge in [-0.2, -0.15) is 0 Å². The Morgan fingerprint density at radius 2 is 2.00 bits per heavy atom. The van der Waals surface area contributed by atoms with Crippen molar-refractivity contribution in [2.75, 3.05) is 40.4 Å². The van der Waals surface area contributed by atoms with Crippen molar-refractivity contribution in [3.63, 3.8) is 0 Å². The van der Waals surface area contributed by atoms with Crippen molar-refractivity contribution in [1.29, 1.82) is 0 Å². The van der Waals surface area contributed by atoms with Gasteiger partial charge < -0.3 is 20.3 Å². The molecule has 0 atom stereocenters. The number of rotatable bonds is 8. The van der Waals surface area contributed by atoms with Gasteiger partial charge in [0.15, 0.2) is 5.96 Å². The molecule has 20 heavy (non-hydrogen) atoms. The van der Waals surface area contributed by atoms with E-state index >= 15 is 0 Å². The Labute approximate surface area is 139 Å². The van der Waals surface area contributed by atoms with Crippen LogP contribution in [0.1, 0.15) is 27.2 Å². The minimum atomic E-state index is -0.0147. The van der Waals surface area contributed by atoms with E-state index in [9.17, 15) is 4.79 Å². The Morgan fingerprint density at radius 1 is 1.35 bits per heavy atom. The molecule has 0 bridgehead atoms. The van der Waals surface area contributed by atoms with Crippen LogP contribution in [0.4, 0.5) is 0 Å². The quantitative estimate of drug-likeness (QED) is 0.277. The lowest BCUT2D eigenvalue weighted by atomic mass is 10.4. The zero-order chi connectivity index (χ0) is 14.7. The van der Waals surface area contributed by atoms with Crippen LogP contribution >= 0.6 is 24.0 Å². The van der Waals surface area contributed by atoms with E-state index in [1.807, 2.05) is 20.8 Å². The summed E-state index contributed by atoms with van der Waals surface area (Å²) in [6.07, 6.45) is 0.911. The number of nitrogens with zero attached hydrogens (tertiary/aromatic N) is 2. The molecule has 120 valence electrons. The Balaban J connectivity index is 0. The maximum atomic E-state index is 11.5. The Kier molecular flexibility index (Phi) is 14.6. The van der Waals surface area contributed by atoms with Gasteiger partial charge in [0.2, 0.25) is 5.91 Å². The summed E-state index contributed by atoms with van der Waals surface area (Å²) in [5, 5.41) is 6.38. The largest absolute Gasteiger partial charge is 0.382 e. The lowest BCUT2D eigenvalue weighted by Gasteiger charge is -2.15. The van der Waals surface area contributed by atoms with Crippen molar-refractivity contribution in [2.24, 2.45) is 4.99 Å². The summed E-state index contributed by atoms with van der Waals surface area (Å²) in [7, 11) is 3.45. The van der Waals surface area contributed by atoms with Gasteiger partial charge in [-0.1, -0.05) is 0 Å². The molecule has 0 unspecified atom stereocenters.